The van der Waals surface area contributed by atoms with Crippen LogP contribution in [0, 0.1) is 0 Å². The van der Waals surface area contributed by atoms with Gasteiger partial charge in [-0.2, -0.15) is 9.97 Å². The lowest BCUT2D eigenvalue weighted by Gasteiger charge is -2.27. The van der Waals surface area contributed by atoms with Crippen LogP contribution in [0.3, 0.4) is 0 Å². The van der Waals surface area contributed by atoms with E-state index >= 15 is 4.39 Å². The third-order valence-electron chi connectivity index (χ3n) is 5.96. The third kappa shape index (κ3) is 4.70. The number of halogens is 2. The van der Waals surface area contributed by atoms with Gasteiger partial charge in [0, 0.05) is 0 Å². The minimum Gasteiger partial charge on any atom is -0.459 e. The smallest absolute Gasteiger partial charge is 0.338 e. The molecule has 2 aromatic heterocycles. The summed E-state index contributed by atoms with van der Waals surface area (Å²) in [7, 11) is 0. The molecule has 0 radical (unpaired) electrons. The summed E-state index contributed by atoms with van der Waals surface area (Å²) in [5, 5.41) is -0.0137. The molecule has 5 rings (SSSR count). The fourth-order valence-corrected chi connectivity index (χ4v) is 4.39. The Labute approximate surface area is 215 Å². The first-order valence-electron chi connectivity index (χ1n) is 11.2. The number of imidazole rings is 1. The lowest BCUT2D eigenvalue weighted by molar-refractivity contribution is -0.0611. The van der Waals surface area contributed by atoms with Crippen molar-refractivity contribution in [1.82, 2.24) is 19.5 Å². The minimum absolute atomic E-state index is 0.0137. The molecule has 10 nitrogen and oxygen atoms in total. The topological polar surface area (TPSA) is 131 Å². The number of nitrogen functional groups attached to an aromatic ring is 1. The predicted molar refractivity (Wildman–Crippen MR) is 131 cm³/mol. The van der Waals surface area contributed by atoms with E-state index in [0.29, 0.717) is 5.56 Å². The summed E-state index contributed by atoms with van der Waals surface area (Å²) in [6, 6.07) is 16.4. The van der Waals surface area contributed by atoms with Crippen LogP contribution in [0.15, 0.2) is 67.0 Å². The van der Waals surface area contributed by atoms with Crippen LogP contribution in [0.5, 0.6) is 0 Å². The molecule has 0 amide bonds. The molecule has 3 heterocycles. The highest BCUT2D eigenvalue weighted by Crippen LogP contribution is 2.44. The second kappa shape index (κ2) is 9.75. The Morgan fingerprint density at radius 2 is 1.70 bits per heavy atom. The van der Waals surface area contributed by atoms with Crippen molar-refractivity contribution in [2.45, 2.75) is 31.0 Å². The number of carbonyl (C=O) groups is 2. The summed E-state index contributed by atoms with van der Waals surface area (Å²) >= 11 is 6.12. The van der Waals surface area contributed by atoms with Gasteiger partial charge in [0.1, 0.15) is 18.2 Å². The van der Waals surface area contributed by atoms with Gasteiger partial charge < -0.3 is 19.9 Å². The molecule has 1 aliphatic heterocycles. The Balaban J connectivity index is 1.47. The number of anilines is 1. The number of benzene rings is 2. The molecule has 1 saturated heterocycles. The molecule has 1 fully saturated rings. The lowest BCUT2D eigenvalue weighted by atomic mass is 9.98. The fraction of sp³-hybridized carbons (Fsp3) is 0.240. The van der Waals surface area contributed by atoms with Gasteiger partial charge in [-0.3, -0.25) is 4.57 Å². The van der Waals surface area contributed by atoms with Crippen LogP contribution in [-0.2, 0) is 14.2 Å². The Bertz CT molecular complexity index is 1450. The average molecular weight is 526 g/mol. The number of carbonyl (C=O) groups excluding carboxylic acids is 2. The molecule has 190 valence electrons. The Morgan fingerprint density at radius 3 is 2.35 bits per heavy atom. The molecule has 0 saturated carbocycles. The van der Waals surface area contributed by atoms with Crippen LogP contribution in [0.4, 0.5) is 10.3 Å². The fourth-order valence-electron chi connectivity index (χ4n) is 4.17. The summed E-state index contributed by atoms with van der Waals surface area (Å²) in [5.41, 5.74) is 4.26. The third-order valence-corrected chi connectivity index (χ3v) is 6.22. The number of nitrogens with zero attached hydrogens (tertiary/aromatic N) is 4. The molecular weight excluding hydrogens is 505 g/mol. The zero-order chi connectivity index (χ0) is 26.2. The van der Waals surface area contributed by atoms with Crippen LogP contribution >= 0.6 is 11.6 Å². The SMILES string of the molecule is C[C@]1(F)C(n2cnc3c(Cl)nc(N)nc32)OC(COC(=O)c2ccccc2)[C@H]1OC(=O)c1ccccc1. The van der Waals surface area contributed by atoms with E-state index in [9.17, 15) is 9.59 Å². The molecule has 2 aromatic carbocycles. The standard InChI is InChI=1S/C25H21ClFN5O5/c1-25(27)18(37-22(34)15-10-6-3-7-11-15)16(12-35-21(33)14-8-4-2-5-9-14)36-23(25)32-13-29-17-19(26)30-24(28)31-20(17)32/h2-11,13,16,18,23H,12H2,1H3,(H2,28,30,31)/t16?,18-,23?,25-/m1/s1. The summed E-state index contributed by atoms with van der Waals surface area (Å²) < 4.78 is 34.8. The Morgan fingerprint density at radius 1 is 1.08 bits per heavy atom. The number of rotatable bonds is 6. The van der Waals surface area contributed by atoms with Gasteiger partial charge in [-0.15, -0.1) is 0 Å². The highest BCUT2D eigenvalue weighted by molar-refractivity contribution is 6.33. The summed E-state index contributed by atoms with van der Waals surface area (Å²) in [5.74, 6) is -1.54. The van der Waals surface area contributed by atoms with Gasteiger partial charge in [0.2, 0.25) is 5.95 Å². The largest absolute Gasteiger partial charge is 0.459 e. The van der Waals surface area contributed by atoms with Gasteiger partial charge >= 0.3 is 11.9 Å². The number of hydrogen-bond donors (Lipinski definition) is 1. The molecule has 0 spiro atoms. The maximum Gasteiger partial charge on any atom is 0.338 e. The molecular formula is C25H21ClFN5O5. The molecule has 0 bridgehead atoms. The van der Waals surface area contributed by atoms with E-state index in [1.165, 1.54) is 17.8 Å². The van der Waals surface area contributed by atoms with E-state index in [4.69, 9.17) is 31.5 Å². The molecule has 37 heavy (non-hydrogen) atoms. The Hall–Kier alpha value is -4.09. The van der Waals surface area contributed by atoms with Crippen molar-refractivity contribution in [1.29, 1.82) is 0 Å². The maximum atomic E-state index is 16.5. The molecule has 12 heteroatoms. The average Bonchev–Trinajstić information content (AvgIpc) is 3.41. The first-order valence-corrected chi connectivity index (χ1v) is 11.6. The first-order chi connectivity index (χ1) is 17.8. The molecule has 2 N–H and O–H groups in total. The highest BCUT2D eigenvalue weighted by atomic mass is 35.5. The second-order valence-electron chi connectivity index (χ2n) is 8.53. The molecule has 4 atom stereocenters. The molecule has 0 aliphatic carbocycles. The van der Waals surface area contributed by atoms with E-state index < -0.39 is 36.0 Å². The number of ether oxygens (including phenoxy) is 3. The van der Waals surface area contributed by atoms with Crippen LogP contribution in [0.1, 0.15) is 33.9 Å². The van der Waals surface area contributed by atoms with Gasteiger partial charge in [-0.05, 0) is 31.2 Å². The first kappa shape index (κ1) is 24.6. The summed E-state index contributed by atoms with van der Waals surface area (Å²) in [6.45, 7) is 0.832. The predicted octanol–water partition coefficient (Wildman–Crippen LogP) is 3.77. The molecule has 4 aromatic rings. The van der Waals surface area contributed by atoms with Crippen LogP contribution in [0.25, 0.3) is 11.2 Å². The summed E-state index contributed by atoms with van der Waals surface area (Å²) in [6.07, 6.45) is -2.72. The number of hydrogen-bond acceptors (Lipinski definition) is 9. The number of alkyl halides is 1. The van der Waals surface area contributed by atoms with E-state index in [1.54, 1.807) is 60.7 Å². The van der Waals surface area contributed by atoms with Crippen molar-refractivity contribution in [3.63, 3.8) is 0 Å². The van der Waals surface area contributed by atoms with Crippen molar-refractivity contribution in [3.8, 4) is 0 Å². The number of esters is 2. The molecule has 2 unspecified atom stereocenters. The van der Waals surface area contributed by atoms with Crippen LogP contribution < -0.4 is 5.73 Å². The summed E-state index contributed by atoms with van der Waals surface area (Å²) in [4.78, 5) is 37.5. The van der Waals surface area contributed by atoms with E-state index in [2.05, 4.69) is 15.0 Å². The van der Waals surface area contributed by atoms with E-state index in [0.717, 1.165) is 0 Å². The second-order valence-corrected chi connectivity index (χ2v) is 8.89. The van der Waals surface area contributed by atoms with Gasteiger partial charge in [-0.25, -0.2) is 19.0 Å². The maximum absolute atomic E-state index is 16.5. The Kier molecular flexibility index (Phi) is 6.48. The monoisotopic (exact) mass is 525 g/mol. The van der Waals surface area contributed by atoms with Crippen molar-refractivity contribution in [2.24, 2.45) is 0 Å². The van der Waals surface area contributed by atoms with Gasteiger partial charge in [-0.1, -0.05) is 48.0 Å². The number of fused-ring (bicyclic) bond motifs is 1. The number of nitrogens with two attached hydrogens (primary N) is 1. The van der Waals surface area contributed by atoms with E-state index in [-0.39, 0.29) is 34.4 Å². The van der Waals surface area contributed by atoms with Crippen molar-refractivity contribution >= 4 is 40.7 Å². The van der Waals surface area contributed by atoms with Gasteiger partial charge in [0.25, 0.3) is 0 Å². The lowest BCUT2D eigenvalue weighted by Crippen LogP contribution is -2.44. The van der Waals surface area contributed by atoms with Crippen LogP contribution in [-0.4, -0.2) is 55.9 Å². The van der Waals surface area contributed by atoms with Crippen molar-refractivity contribution in [3.05, 3.63) is 83.3 Å². The van der Waals surface area contributed by atoms with Crippen LogP contribution in [0.2, 0.25) is 5.15 Å². The number of aromatic nitrogens is 4. The van der Waals surface area contributed by atoms with E-state index in [1.807, 2.05) is 0 Å². The normalized spacial score (nSPS) is 23.2. The zero-order valence-corrected chi connectivity index (χ0v) is 20.2. The zero-order valence-electron chi connectivity index (χ0n) is 19.5. The van der Waals surface area contributed by atoms with Gasteiger partial charge in [0.15, 0.2) is 28.8 Å². The minimum atomic E-state index is -2.31. The molecule has 1 aliphatic rings. The van der Waals surface area contributed by atoms with Crippen molar-refractivity contribution in [2.75, 3.05) is 12.3 Å². The quantitative estimate of drug-likeness (QED) is 0.295. The highest BCUT2D eigenvalue weighted by Gasteiger charge is 2.58. The van der Waals surface area contributed by atoms with Gasteiger partial charge in [0.05, 0.1) is 17.5 Å². The van der Waals surface area contributed by atoms with Crippen molar-refractivity contribution < 1.29 is 28.2 Å².